The molecule has 0 aromatic heterocycles. The third-order valence-electron chi connectivity index (χ3n) is 1.02. The van der Waals surface area contributed by atoms with Gasteiger partial charge in [-0.15, -0.1) is 0 Å². The Morgan fingerprint density at radius 1 is 1.73 bits per heavy atom. The minimum atomic E-state index is 0.525. The van der Waals surface area contributed by atoms with Crippen LogP contribution in [0.2, 0.25) is 0 Å². The summed E-state index contributed by atoms with van der Waals surface area (Å²) in [5, 5.41) is 8.49. The molecule has 0 saturated carbocycles. The fraction of sp³-hybridized carbons (Fsp3) is 0.375. The lowest BCUT2D eigenvalue weighted by Gasteiger charge is -1.88. The van der Waals surface area contributed by atoms with Gasteiger partial charge in [0.05, 0.1) is 7.11 Å². The maximum Gasteiger partial charge on any atom is 0.239 e. The topological polar surface area (TPSA) is 49.6 Å². The molecule has 11 heavy (non-hydrogen) atoms. The van der Waals surface area contributed by atoms with Crippen LogP contribution in [-0.2, 0) is 4.84 Å². The van der Waals surface area contributed by atoms with Gasteiger partial charge in [0.15, 0.2) is 6.07 Å². The Hall–Kier alpha value is -1.11. The Morgan fingerprint density at radius 3 is 2.91 bits per heavy atom. The Labute approximate surface area is 66.9 Å². The van der Waals surface area contributed by atoms with E-state index in [4.69, 9.17) is 5.26 Å². The van der Waals surface area contributed by atoms with Crippen molar-refractivity contribution < 1.29 is 10.3 Å². The van der Waals surface area contributed by atoms with E-state index in [2.05, 4.69) is 4.84 Å². The van der Waals surface area contributed by atoms with Crippen LogP contribution in [0.4, 0.5) is 0 Å². The van der Waals surface area contributed by atoms with Gasteiger partial charge in [-0.05, 0) is 6.42 Å². The van der Waals surface area contributed by atoms with Crippen LogP contribution < -0.4 is 5.48 Å². The minimum absolute atomic E-state index is 0.525. The molecule has 0 saturated heterocycles. The van der Waals surface area contributed by atoms with Gasteiger partial charge in [-0.1, -0.05) is 19.1 Å². The Bertz CT molecular complexity index is 189. The summed E-state index contributed by atoms with van der Waals surface area (Å²) >= 11 is 0. The van der Waals surface area contributed by atoms with Gasteiger partial charge in [0.2, 0.25) is 5.70 Å². The third kappa shape index (κ3) is 5.34. The molecule has 60 valence electrons. The zero-order valence-electron chi connectivity index (χ0n) is 6.87. The fourth-order valence-electron chi connectivity index (χ4n) is 0.538. The molecule has 0 heterocycles. The first-order valence-corrected chi connectivity index (χ1v) is 3.48. The summed E-state index contributed by atoms with van der Waals surface area (Å²) in [6, 6.07) is 1.99. The molecule has 0 aliphatic carbocycles. The van der Waals surface area contributed by atoms with Crippen molar-refractivity contribution >= 4 is 0 Å². The number of nitrogens with zero attached hydrogens (tertiary/aromatic N) is 1. The second kappa shape index (κ2) is 7.00. The van der Waals surface area contributed by atoms with Crippen molar-refractivity contribution in [3.05, 3.63) is 23.9 Å². The number of nitriles is 1. The lowest BCUT2D eigenvalue weighted by atomic mass is 10.3. The van der Waals surface area contributed by atoms with Crippen LogP contribution in [0.25, 0.3) is 0 Å². The third-order valence-corrected chi connectivity index (χ3v) is 1.02. The predicted molar refractivity (Wildman–Crippen MR) is 42.1 cm³/mol. The van der Waals surface area contributed by atoms with E-state index in [0.717, 1.165) is 6.42 Å². The first-order chi connectivity index (χ1) is 5.35. The van der Waals surface area contributed by atoms with Crippen LogP contribution >= 0.6 is 0 Å². The van der Waals surface area contributed by atoms with Crippen molar-refractivity contribution in [2.24, 2.45) is 0 Å². The number of hydrogen-bond donors (Lipinski definition) is 1. The summed E-state index contributed by atoms with van der Waals surface area (Å²) in [7, 11) is 1.52. The smallest absolute Gasteiger partial charge is 0.204 e. The lowest BCUT2D eigenvalue weighted by Crippen LogP contribution is -2.80. The van der Waals surface area contributed by atoms with Gasteiger partial charge in [-0.2, -0.15) is 10.7 Å². The van der Waals surface area contributed by atoms with Crippen molar-refractivity contribution in [2.75, 3.05) is 7.11 Å². The van der Waals surface area contributed by atoms with Gasteiger partial charge >= 0.3 is 0 Å². The molecule has 3 nitrogen and oxygen atoms in total. The molecule has 0 spiro atoms. The molecule has 0 atom stereocenters. The first kappa shape index (κ1) is 9.89. The van der Waals surface area contributed by atoms with E-state index in [9.17, 15) is 0 Å². The number of rotatable bonds is 4. The molecule has 0 aliphatic heterocycles. The highest BCUT2D eigenvalue weighted by Gasteiger charge is 1.93. The molecule has 3 heteroatoms. The van der Waals surface area contributed by atoms with Gasteiger partial charge in [0.1, 0.15) is 0 Å². The molecule has 0 bridgehead atoms. The van der Waals surface area contributed by atoms with Crippen molar-refractivity contribution in [2.45, 2.75) is 13.3 Å². The highest BCUT2D eigenvalue weighted by molar-refractivity contribution is 5.17. The molecule has 0 aromatic carbocycles. The van der Waals surface area contributed by atoms with Gasteiger partial charge in [-0.25, -0.2) is 4.84 Å². The van der Waals surface area contributed by atoms with E-state index < -0.39 is 0 Å². The number of allylic oxidation sites excluding steroid dienone is 4. The standard InChI is InChI=1S/C8H12N2O/c1-3-4-5-6-8(7-9)10-11-2/h4-6,10H,3H2,1-2H3/p+1/b5-4-,8-6-. The summed E-state index contributed by atoms with van der Waals surface area (Å²) in [5.41, 5.74) is 1.94. The Kier molecular flexibility index (Phi) is 6.30. The molecule has 2 N–H and O–H groups in total. The average molecular weight is 153 g/mol. The molecular formula is C8H13N2O+. The largest absolute Gasteiger partial charge is 0.239 e. The van der Waals surface area contributed by atoms with Crippen molar-refractivity contribution in [1.82, 2.24) is 0 Å². The Balaban J connectivity index is 3.93. The molecule has 0 amide bonds. The Morgan fingerprint density at radius 2 is 2.45 bits per heavy atom. The second-order valence-electron chi connectivity index (χ2n) is 1.92. The summed E-state index contributed by atoms with van der Waals surface area (Å²) < 4.78 is 0. The van der Waals surface area contributed by atoms with E-state index in [-0.39, 0.29) is 0 Å². The van der Waals surface area contributed by atoms with Crippen LogP contribution in [0.5, 0.6) is 0 Å². The maximum atomic E-state index is 8.49. The molecule has 0 unspecified atom stereocenters. The van der Waals surface area contributed by atoms with Crippen LogP contribution in [0, 0.1) is 11.3 Å². The van der Waals surface area contributed by atoms with Crippen LogP contribution in [-0.4, -0.2) is 7.11 Å². The number of hydrogen-bond acceptors (Lipinski definition) is 2. The average Bonchev–Trinajstić information content (AvgIpc) is 2.03. The highest BCUT2D eigenvalue weighted by atomic mass is 16.6. The molecule has 0 fully saturated rings. The van der Waals surface area contributed by atoms with Gasteiger partial charge in [0, 0.05) is 6.08 Å². The zero-order chi connectivity index (χ0) is 8.53. The molecule has 0 radical (unpaired) electrons. The zero-order valence-corrected chi connectivity index (χ0v) is 6.87. The number of nitrogens with two attached hydrogens (primary N) is 1. The predicted octanol–water partition coefficient (Wildman–Crippen LogP) is 0.485. The summed E-state index contributed by atoms with van der Waals surface area (Å²) in [6.45, 7) is 2.04. The normalized spacial score (nSPS) is 11.9. The number of hydroxylamine groups is 1. The van der Waals surface area contributed by atoms with E-state index in [1.807, 2.05) is 25.1 Å². The van der Waals surface area contributed by atoms with Crippen molar-refractivity contribution in [3.8, 4) is 6.07 Å². The van der Waals surface area contributed by atoms with E-state index >= 15 is 0 Å². The van der Waals surface area contributed by atoms with E-state index in [0.29, 0.717) is 5.70 Å². The van der Waals surface area contributed by atoms with Gasteiger partial charge in [-0.3, -0.25) is 0 Å². The molecule has 0 aromatic rings. The minimum Gasteiger partial charge on any atom is -0.204 e. The fourth-order valence-corrected chi connectivity index (χ4v) is 0.538. The SMILES string of the molecule is CC/C=C\C=C(\C#N)[NH2+]OC. The maximum absolute atomic E-state index is 8.49. The van der Waals surface area contributed by atoms with Gasteiger partial charge in [0.25, 0.3) is 0 Å². The first-order valence-electron chi connectivity index (χ1n) is 3.48. The van der Waals surface area contributed by atoms with E-state index in [1.165, 1.54) is 12.6 Å². The summed E-state index contributed by atoms with van der Waals surface area (Å²) in [6.07, 6.45) is 6.50. The summed E-state index contributed by atoms with van der Waals surface area (Å²) in [5.74, 6) is 0. The van der Waals surface area contributed by atoms with Crippen LogP contribution in [0.15, 0.2) is 23.9 Å². The lowest BCUT2D eigenvalue weighted by molar-refractivity contribution is -0.851. The van der Waals surface area contributed by atoms with Crippen molar-refractivity contribution in [1.29, 1.82) is 5.26 Å². The molecule has 0 rings (SSSR count). The molecular weight excluding hydrogens is 140 g/mol. The monoisotopic (exact) mass is 153 g/mol. The highest BCUT2D eigenvalue weighted by Crippen LogP contribution is 1.83. The van der Waals surface area contributed by atoms with E-state index in [1.54, 1.807) is 6.08 Å². The van der Waals surface area contributed by atoms with Gasteiger partial charge < -0.3 is 0 Å². The number of quaternary nitrogens is 1. The quantitative estimate of drug-likeness (QED) is 0.363. The molecule has 0 aliphatic rings. The van der Waals surface area contributed by atoms with Crippen LogP contribution in [0.1, 0.15) is 13.3 Å². The second-order valence-corrected chi connectivity index (χ2v) is 1.92. The van der Waals surface area contributed by atoms with Crippen molar-refractivity contribution in [3.63, 3.8) is 0 Å². The van der Waals surface area contributed by atoms with Crippen LogP contribution in [0.3, 0.4) is 0 Å². The summed E-state index contributed by atoms with van der Waals surface area (Å²) in [4.78, 5) is 4.68.